The van der Waals surface area contributed by atoms with Crippen molar-refractivity contribution in [2.75, 3.05) is 33.3 Å². The molecule has 1 saturated heterocycles. The van der Waals surface area contributed by atoms with Crippen molar-refractivity contribution in [2.24, 2.45) is 5.41 Å². The van der Waals surface area contributed by atoms with Gasteiger partial charge >= 0.3 is 0 Å². The molecular formula is C18H25N3O4. The average Bonchev–Trinajstić information content (AvgIpc) is 2.65. The van der Waals surface area contributed by atoms with Crippen LogP contribution in [0.25, 0.3) is 0 Å². The predicted octanol–water partition coefficient (Wildman–Crippen LogP) is 0.638. The first-order valence-corrected chi connectivity index (χ1v) is 8.28. The number of nitrogens with zero attached hydrogens (tertiary/aromatic N) is 2. The maximum Gasteiger partial charge on any atom is 0.237 e. The number of nitrogens with one attached hydrogen (secondary N) is 1. The van der Waals surface area contributed by atoms with Gasteiger partial charge in [0.25, 0.3) is 0 Å². The Kier molecular flexibility index (Phi) is 6.01. The monoisotopic (exact) mass is 347 g/mol. The Balaban J connectivity index is 1.91. The van der Waals surface area contributed by atoms with Gasteiger partial charge in [0.2, 0.25) is 18.2 Å². The van der Waals surface area contributed by atoms with Crippen LogP contribution in [0.3, 0.4) is 0 Å². The lowest BCUT2D eigenvalue weighted by Crippen LogP contribution is -2.55. The van der Waals surface area contributed by atoms with Gasteiger partial charge in [-0.25, -0.2) is 0 Å². The maximum atomic E-state index is 12.7. The number of amides is 3. The van der Waals surface area contributed by atoms with Crippen molar-refractivity contribution in [3.8, 4) is 5.75 Å². The van der Waals surface area contributed by atoms with Crippen LogP contribution in [0.5, 0.6) is 5.75 Å². The lowest BCUT2D eigenvalue weighted by Gasteiger charge is -2.36. The SMILES string of the molecule is COc1ccc(CNC(=O)C(C)(C)C(=O)N2CCN(C=O)CC2)cc1. The number of piperazine rings is 1. The summed E-state index contributed by atoms with van der Waals surface area (Å²) in [5.74, 6) is 0.219. The number of rotatable bonds is 6. The molecule has 1 N–H and O–H groups in total. The molecule has 0 saturated carbocycles. The van der Waals surface area contributed by atoms with Crippen LogP contribution in [0.1, 0.15) is 19.4 Å². The summed E-state index contributed by atoms with van der Waals surface area (Å²) in [4.78, 5) is 39.2. The van der Waals surface area contributed by atoms with Gasteiger partial charge in [0.1, 0.15) is 11.2 Å². The molecule has 0 aromatic heterocycles. The molecule has 0 spiro atoms. The summed E-state index contributed by atoms with van der Waals surface area (Å²) in [6.45, 7) is 5.51. The fourth-order valence-electron chi connectivity index (χ4n) is 2.67. The van der Waals surface area contributed by atoms with Gasteiger partial charge in [-0.05, 0) is 31.5 Å². The van der Waals surface area contributed by atoms with E-state index in [1.54, 1.807) is 30.8 Å². The highest BCUT2D eigenvalue weighted by Crippen LogP contribution is 2.21. The minimum Gasteiger partial charge on any atom is -0.497 e. The number of carbonyl (C=O) groups excluding carboxylic acids is 3. The topological polar surface area (TPSA) is 79.0 Å². The third-order valence-corrected chi connectivity index (χ3v) is 4.46. The summed E-state index contributed by atoms with van der Waals surface area (Å²) in [6.07, 6.45) is 0.786. The summed E-state index contributed by atoms with van der Waals surface area (Å²) in [6, 6.07) is 7.38. The Bertz CT molecular complexity index is 620. The molecule has 1 aromatic carbocycles. The first-order valence-electron chi connectivity index (χ1n) is 8.28. The van der Waals surface area contributed by atoms with Crippen LogP contribution in [0.15, 0.2) is 24.3 Å². The highest BCUT2D eigenvalue weighted by atomic mass is 16.5. The van der Waals surface area contributed by atoms with Gasteiger partial charge < -0.3 is 19.9 Å². The summed E-state index contributed by atoms with van der Waals surface area (Å²) < 4.78 is 5.10. The van der Waals surface area contributed by atoms with Gasteiger partial charge in [0.15, 0.2) is 0 Å². The summed E-state index contributed by atoms with van der Waals surface area (Å²) in [5.41, 5.74) is -0.229. The Labute approximate surface area is 147 Å². The highest BCUT2D eigenvalue weighted by Gasteiger charge is 2.39. The third-order valence-electron chi connectivity index (χ3n) is 4.46. The molecule has 136 valence electrons. The maximum absolute atomic E-state index is 12.7. The first-order chi connectivity index (χ1) is 11.9. The van der Waals surface area contributed by atoms with E-state index in [9.17, 15) is 14.4 Å². The highest BCUT2D eigenvalue weighted by molar-refractivity contribution is 6.04. The molecule has 1 aliphatic heterocycles. The third kappa shape index (κ3) is 4.49. The first kappa shape index (κ1) is 18.8. The summed E-state index contributed by atoms with van der Waals surface area (Å²) >= 11 is 0. The van der Waals surface area contributed by atoms with Crippen LogP contribution in [-0.4, -0.2) is 61.3 Å². The van der Waals surface area contributed by atoms with E-state index < -0.39 is 5.41 Å². The van der Waals surface area contributed by atoms with Crippen molar-refractivity contribution in [3.63, 3.8) is 0 Å². The zero-order valence-corrected chi connectivity index (χ0v) is 14.9. The number of hydrogen-bond acceptors (Lipinski definition) is 4. The molecule has 7 nitrogen and oxygen atoms in total. The van der Waals surface area contributed by atoms with Gasteiger partial charge in [-0.2, -0.15) is 0 Å². The Morgan fingerprint density at radius 1 is 1.16 bits per heavy atom. The van der Waals surface area contributed by atoms with E-state index in [-0.39, 0.29) is 11.8 Å². The second-order valence-electron chi connectivity index (χ2n) is 6.59. The average molecular weight is 347 g/mol. The fourth-order valence-corrected chi connectivity index (χ4v) is 2.67. The molecule has 2 rings (SSSR count). The van der Waals surface area contributed by atoms with Crippen molar-refractivity contribution in [1.29, 1.82) is 0 Å². The van der Waals surface area contributed by atoms with Crippen LogP contribution in [0, 0.1) is 5.41 Å². The van der Waals surface area contributed by atoms with Crippen molar-refractivity contribution in [3.05, 3.63) is 29.8 Å². The second kappa shape index (κ2) is 8.00. The van der Waals surface area contributed by atoms with E-state index >= 15 is 0 Å². The molecular weight excluding hydrogens is 322 g/mol. The number of hydrogen-bond donors (Lipinski definition) is 1. The Hall–Kier alpha value is -2.57. The van der Waals surface area contributed by atoms with Gasteiger partial charge in [-0.3, -0.25) is 14.4 Å². The van der Waals surface area contributed by atoms with Crippen LogP contribution in [0.2, 0.25) is 0 Å². The smallest absolute Gasteiger partial charge is 0.237 e. The Morgan fingerprint density at radius 3 is 2.28 bits per heavy atom. The van der Waals surface area contributed by atoms with E-state index in [0.29, 0.717) is 32.7 Å². The molecule has 1 fully saturated rings. The minimum absolute atomic E-state index is 0.217. The lowest BCUT2D eigenvalue weighted by atomic mass is 9.90. The summed E-state index contributed by atoms with van der Waals surface area (Å²) in [7, 11) is 1.60. The van der Waals surface area contributed by atoms with Crippen molar-refractivity contribution >= 4 is 18.2 Å². The largest absolute Gasteiger partial charge is 0.497 e. The molecule has 1 aromatic rings. The standard InChI is InChI=1S/C18H25N3O4/c1-18(2,17(24)21-10-8-20(13-22)9-11-21)16(23)19-12-14-4-6-15(25-3)7-5-14/h4-7,13H,8-12H2,1-3H3,(H,19,23). The molecule has 25 heavy (non-hydrogen) atoms. The lowest BCUT2D eigenvalue weighted by molar-refractivity contribution is -0.150. The zero-order chi connectivity index (χ0) is 18.4. The molecule has 0 bridgehead atoms. The second-order valence-corrected chi connectivity index (χ2v) is 6.59. The Morgan fingerprint density at radius 2 is 1.76 bits per heavy atom. The van der Waals surface area contributed by atoms with Gasteiger partial charge in [0, 0.05) is 32.7 Å². The molecule has 1 aliphatic rings. The summed E-state index contributed by atoms with van der Waals surface area (Å²) in [5, 5.41) is 2.82. The van der Waals surface area contributed by atoms with Gasteiger partial charge in [0.05, 0.1) is 7.11 Å². The van der Waals surface area contributed by atoms with E-state index in [1.807, 2.05) is 24.3 Å². The van der Waals surface area contributed by atoms with E-state index in [4.69, 9.17) is 4.74 Å². The predicted molar refractivity (Wildman–Crippen MR) is 92.8 cm³/mol. The van der Waals surface area contributed by atoms with E-state index in [2.05, 4.69) is 5.32 Å². The molecule has 7 heteroatoms. The van der Waals surface area contributed by atoms with Gasteiger partial charge in [-0.1, -0.05) is 12.1 Å². The van der Waals surface area contributed by atoms with Crippen LogP contribution in [-0.2, 0) is 20.9 Å². The van der Waals surface area contributed by atoms with Gasteiger partial charge in [-0.15, -0.1) is 0 Å². The molecule has 0 atom stereocenters. The van der Waals surface area contributed by atoms with Crippen LogP contribution >= 0.6 is 0 Å². The van der Waals surface area contributed by atoms with Crippen molar-refractivity contribution < 1.29 is 19.1 Å². The van der Waals surface area contributed by atoms with E-state index in [0.717, 1.165) is 17.7 Å². The quantitative estimate of drug-likeness (QED) is 0.605. The minimum atomic E-state index is -1.16. The van der Waals surface area contributed by atoms with Crippen molar-refractivity contribution in [1.82, 2.24) is 15.1 Å². The number of ether oxygens (including phenoxy) is 1. The molecule has 1 heterocycles. The van der Waals surface area contributed by atoms with Crippen molar-refractivity contribution in [2.45, 2.75) is 20.4 Å². The molecule has 0 aliphatic carbocycles. The van der Waals surface area contributed by atoms with E-state index in [1.165, 1.54) is 0 Å². The number of carbonyl (C=O) groups is 3. The van der Waals surface area contributed by atoms with Crippen LogP contribution in [0.4, 0.5) is 0 Å². The molecule has 0 unspecified atom stereocenters. The fraction of sp³-hybridized carbons (Fsp3) is 0.500. The zero-order valence-electron chi connectivity index (χ0n) is 14.9. The van der Waals surface area contributed by atoms with Crippen LogP contribution < -0.4 is 10.1 Å². The number of benzene rings is 1. The molecule has 0 radical (unpaired) electrons. The normalized spacial score (nSPS) is 14.8. The molecule has 3 amide bonds. The number of methoxy groups -OCH3 is 1.